The maximum atomic E-state index is 13.2. The molecule has 0 saturated heterocycles. The fourth-order valence-corrected chi connectivity index (χ4v) is 4.22. The zero-order chi connectivity index (χ0) is 21.5. The summed E-state index contributed by atoms with van der Waals surface area (Å²) in [6, 6.07) is 15.9. The van der Waals surface area contributed by atoms with Gasteiger partial charge in [0.1, 0.15) is 0 Å². The number of carbonyl (C=O) groups excluding carboxylic acids is 2. The molecule has 0 saturated carbocycles. The van der Waals surface area contributed by atoms with Crippen LogP contribution in [0.3, 0.4) is 0 Å². The maximum Gasteiger partial charge on any atom is 0.243 e. The topological polar surface area (TPSA) is 65.5 Å². The maximum absolute atomic E-state index is 13.2. The third-order valence-corrected chi connectivity index (χ3v) is 5.76. The molecule has 3 rings (SSSR count). The molecular weight excluding hydrogens is 396 g/mol. The third kappa shape index (κ3) is 5.64. The van der Waals surface area contributed by atoms with E-state index in [4.69, 9.17) is 4.98 Å². The minimum atomic E-state index is -0.0821. The van der Waals surface area contributed by atoms with Crippen LogP contribution < -0.4 is 10.2 Å². The third-order valence-electron chi connectivity index (χ3n) is 4.72. The molecule has 3 aromatic rings. The number of para-hydroxylation sites is 1. The van der Waals surface area contributed by atoms with Gasteiger partial charge in [0.05, 0.1) is 29.9 Å². The van der Waals surface area contributed by atoms with Crippen LogP contribution in [0.15, 0.2) is 48.5 Å². The molecule has 6 nitrogen and oxygen atoms in total. The number of rotatable bonds is 9. The molecule has 1 N–H and O–H groups in total. The van der Waals surface area contributed by atoms with Crippen LogP contribution in [0.1, 0.15) is 24.5 Å². The summed E-state index contributed by atoms with van der Waals surface area (Å²) in [5, 5.41) is 3.52. The van der Waals surface area contributed by atoms with Crippen molar-refractivity contribution in [2.45, 2.75) is 26.8 Å². The number of aromatic nitrogens is 1. The molecular formula is C23H28N4O2S. The molecule has 158 valence electrons. The predicted octanol–water partition coefficient (Wildman–Crippen LogP) is 3.60. The summed E-state index contributed by atoms with van der Waals surface area (Å²) in [4.78, 5) is 33.5. The van der Waals surface area contributed by atoms with Crippen molar-refractivity contribution >= 4 is 38.5 Å². The summed E-state index contributed by atoms with van der Waals surface area (Å²) in [5.41, 5.74) is 3.05. The minimum Gasteiger partial charge on any atom is -0.355 e. The van der Waals surface area contributed by atoms with Crippen LogP contribution in [0.2, 0.25) is 0 Å². The fourth-order valence-electron chi connectivity index (χ4n) is 3.16. The standard InChI is InChI=1S/C23H28N4O2S/c1-4-13-24-20(28)15-26(3)16-21(29)27(14-18-10-6-5-7-11-18)23-25-22-17(2)9-8-12-19(22)30-23/h5-12H,4,13-16H2,1-3H3,(H,24,28). The molecule has 0 aliphatic heterocycles. The summed E-state index contributed by atoms with van der Waals surface area (Å²) in [6.07, 6.45) is 0.885. The molecule has 2 amide bonds. The Bertz CT molecular complexity index is 1000. The average molecular weight is 425 g/mol. The Morgan fingerprint density at radius 3 is 2.53 bits per heavy atom. The molecule has 0 fully saturated rings. The number of thiazole rings is 1. The van der Waals surface area contributed by atoms with Crippen LogP contribution in [0, 0.1) is 6.92 Å². The van der Waals surface area contributed by atoms with E-state index >= 15 is 0 Å². The molecule has 0 bridgehead atoms. The van der Waals surface area contributed by atoms with Crippen LogP contribution in [-0.2, 0) is 16.1 Å². The first-order valence-electron chi connectivity index (χ1n) is 10.1. The lowest BCUT2D eigenvalue weighted by Gasteiger charge is -2.23. The Kier molecular flexibility index (Phi) is 7.54. The molecule has 0 atom stereocenters. The lowest BCUT2D eigenvalue weighted by molar-refractivity contribution is -0.123. The molecule has 0 aliphatic rings. The largest absolute Gasteiger partial charge is 0.355 e. The number of aryl methyl sites for hydroxylation is 1. The fraction of sp³-hybridized carbons (Fsp3) is 0.348. The Hall–Kier alpha value is -2.77. The van der Waals surface area contributed by atoms with Gasteiger partial charge in [-0.25, -0.2) is 4.98 Å². The second kappa shape index (κ2) is 10.3. The van der Waals surface area contributed by atoms with E-state index in [1.165, 1.54) is 11.3 Å². The Labute approximate surface area is 181 Å². The van der Waals surface area contributed by atoms with E-state index in [0.717, 1.165) is 27.8 Å². The van der Waals surface area contributed by atoms with Crippen molar-refractivity contribution in [3.8, 4) is 0 Å². The second-order valence-corrected chi connectivity index (χ2v) is 8.41. The first kappa shape index (κ1) is 21.9. The van der Waals surface area contributed by atoms with E-state index in [2.05, 4.69) is 5.32 Å². The predicted molar refractivity (Wildman–Crippen MR) is 123 cm³/mol. The minimum absolute atomic E-state index is 0.0719. The molecule has 30 heavy (non-hydrogen) atoms. The monoisotopic (exact) mass is 424 g/mol. The zero-order valence-electron chi connectivity index (χ0n) is 17.7. The quantitative estimate of drug-likeness (QED) is 0.570. The average Bonchev–Trinajstić information content (AvgIpc) is 3.16. The number of amides is 2. The van der Waals surface area contributed by atoms with Gasteiger partial charge in [-0.1, -0.05) is 60.7 Å². The SMILES string of the molecule is CCCNC(=O)CN(C)CC(=O)N(Cc1ccccc1)c1nc2c(C)cccc2s1. The van der Waals surface area contributed by atoms with Crippen LogP contribution in [0.5, 0.6) is 0 Å². The van der Waals surface area contributed by atoms with Crippen molar-refractivity contribution in [1.29, 1.82) is 0 Å². The van der Waals surface area contributed by atoms with Gasteiger partial charge in [0.2, 0.25) is 11.8 Å². The van der Waals surface area contributed by atoms with Crippen LogP contribution in [0.4, 0.5) is 5.13 Å². The number of hydrogen-bond donors (Lipinski definition) is 1. The number of carbonyl (C=O) groups is 2. The summed E-state index contributed by atoms with van der Waals surface area (Å²) in [7, 11) is 1.78. The van der Waals surface area contributed by atoms with Crippen molar-refractivity contribution in [3.63, 3.8) is 0 Å². The van der Waals surface area contributed by atoms with Gasteiger partial charge in [-0.3, -0.25) is 19.4 Å². The van der Waals surface area contributed by atoms with Gasteiger partial charge in [-0.15, -0.1) is 0 Å². The van der Waals surface area contributed by atoms with Crippen molar-refractivity contribution in [1.82, 2.24) is 15.2 Å². The van der Waals surface area contributed by atoms with Gasteiger partial charge in [0.15, 0.2) is 5.13 Å². The van der Waals surface area contributed by atoms with Crippen LogP contribution >= 0.6 is 11.3 Å². The Morgan fingerprint density at radius 1 is 1.07 bits per heavy atom. The molecule has 0 aliphatic carbocycles. The molecule has 2 aromatic carbocycles. The summed E-state index contributed by atoms with van der Waals surface area (Å²) >= 11 is 1.52. The van der Waals surface area contributed by atoms with E-state index < -0.39 is 0 Å². The highest BCUT2D eigenvalue weighted by Crippen LogP contribution is 2.31. The summed E-state index contributed by atoms with van der Waals surface area (Å²) in [6.45, 7) is 5.44. The van der Waals surface area contributed by atoms with Crippen molar-refractivity contribution < 1.29 is 9.59 Å². The van der Waals surface area contributed by atoms with Gasteiger partial charge < -0.3 is 5.32 Å². The van der Waals surface area contributed by atoms with Gasteiger partial charge in [0, 0.05) is 6.54 Å². The number of nitrogens with zero attached hydrogens (tertiary/aromatic N) is 3. The van der Waals surface area contributed by atoms with Crippen molar-refractivity contribution in [3.05, 3.63) is 59.7 Å². The van der Waals surface area contributed by atoms with E-state index in [9.17, 15) is 9.59 Å². The Morgan fingerprint density at radius 2 is 1.83 bits per heavy atom. The lowest BCUT2D eigenvalue weighted by Crippen LogP contribution is -2.42. The summed E-state index contributed by atoms with van der Waals surface area (Å²) < 4.78 is 1.06. The molecule has 1 heterocycles. The van der Waals surface area contributed by atoms with Gasteiger partial charge in [-0.05, 0) is 37.6 Å². The highest BCUT2D eigenvalue weighted by molar-refractivity contribution is 7.22. The van der Waals surface area contributed by atoms with Crippen LogP contribution in [0.25, 0.3) is 10.2 Å². The Balaban J connectivity index is 1.80. The number of likely N-dealkylation sites (N-methyl/N-ethyl adjacent to an activating group) is 1. The highest BCUT2D eigenvalue weighted by Gasteiger charge is 2.22. The van der Waals surface area contributed by atoms with Crippen LogP contribution in [-0.4, -0.2) is 48.4 Å². The lowest BCUT2D eigenvalue weighted by atomic mass is 10.2. The number of anilines is 1. The number of fused-ring (bicyclic) bond motifs is 1. The second-order valence-electron chi connectivity index (χ2n) is 7.41. The molecule has 0 radical (unpaired) electrons. The number of nitrogens with one attached hydrogen (secondary N) is 1. The molecule has 0 unspecified atom stereocenters. The van der Waals surface area contributed by atoms with E-state index in [1.54, 1.807) is 16.8 Å². The first-order chi connectivity index (χ1) is 14.5. The zero-order valence-corrected chi connectivity index (χ0v) is 18.5. The van der Waals surface area contributed by atoms with E-state index in [-0.39, 0.29) is 24.9 Å². The first-order valence-corrected chi connectivity index (χ1v) is 10.9. The number of benzene rings is 2. The molecule has 7 heteroatoms. The molecule has 0 spiro atoms. The highest BCUT2D eigenvalue weighted by atomic mass is 32.1. The van der Waals surface area contributed by atoms with E-state index in [0.29, 0.717) is 18.2 Å². The van der Waals surface area contributed by atoms with Crippen molar-refractivity contribution in [2.75, 3.05) is 31.6 Å². The van der Waals surface area contributed by atoms with Gasteiger partial charge in [0.25, 0.3) is 0 Å². The van der Waals surface area contributed by atoms with E-state index in [1.807, 2.05) is 62.4 Å². The van der Waals surface area contributed by atoms with Gasteiger partial charge >= 0.3 is 0 Å². The smallest absolute Gasteiger partial charge is 0.243 e. The normalized spacial score (nSPS) is 11.1. The molecule has 1 aromatic heterocycles. The summed E-state index contributed by atoms with van der Waals surface area (Å²) in [5.74, 6) is -0.154. The van der Waals surface area contributed by atoms with Gasteiger partial charge in [-0.2, -0.15) is 0 Å². The number of hydrogen-bond acceptors (Lipinski definition) is 5. The van der Waals surface area contributed by atoms with Crippen molar-refractivity contribution in [2.24, 2.45) is 0 Å².